The lowest BCUT2D eigenvalue weighted by Crippen LogP contribution is -2.64. The molecule has 5 aliphatic heterocycles. The Morgan fingerprint density at radius 1 is 1.06 bits per heavy atom. The number of nitrogens with one attached hydrogen (secondary N) is 4. The summed E-state index contributed by atoms with van der Waals surface area (Å²) in [6.45, 7) is 5.71. The summed E-state index contributed by atoms with van der Waals surface area (Å²) in [5.41, 5.74) is 9.26. The van der Waals surface area contributed by atoms with E-state index >= 15 is 0 Å². The Labute approximate surface area is 188 Å². The average Bonchev–Trinajstić information content (AvgIpc) is 3.08. The van der Waals surface area contributed by atoms with E-state index in [4.69, 9.17) is 5.73 Å². The van der Waals surface area contributed by atoms with Crippen molar-refractivity contribution in [3.8, 4) is 0 Å². The lowest BCUT2D eigenvalue weighted by atomic mass is 9.90. The predicted molar refractivity (Wildman–Crippen MR) is 117 cm³/mol. The Balaban J connectivity index is 1.18. The maximum Gasteiger partial charge on any atom is 0.229 e. The molecule has 0 bridgehead atoms. The molecule has 180 valence electrons. The van der Waals surface area contributed by atoms with E-state index in [-0.39, 0.29) is 43.2 Å². The smallest absolute Gasteiger partial charge is 0.229 e. The zero-order chi connectivity index (χ0) is 22.2. The van der Waals surface area contributed by atoms with Crippen LogP contribution in [0.2, 0.25) is 0 Å². The van der Waals surface area contributed by atoms with E-state index in [2.05, 4.69) is 26.3 Å². The lowest BCUT2D eigenvalue weighted by Gasteiger charge is -2.44. The Bertz CT molecular complexity index is 701. The Hall–Kier alpha value is -1.37. The van der Waals surface area contributed by atoms with Gasteiger partial charge in [0.15, 0.2) is 0 Å². The summed E-state index contributed by atoms with van der Waals surface area (Å²) in [7, 11) is 0. The van der Waals surface area contributed by atoms with Crippen molar-refractivity contribution in [3.63, 3.8) is 0 Å². The highest BCUT2D eigenvalue weighted by Gasteiger charge is 2.48. The second-order valence-corrected chi connectivity index (χ2v) is 9.95. The molecule has 10 nitrogen and oxygen atoms in total. The molecule has 32 heavy (non-hydrogen) atoms. The molecule has 5 rings (SSSR count). The van der Waals surface area contributed by atoms with E-state index in [1.165, 1.54) is 0 Å². The number of nitrogens with two attached hydrogens (primary N) is 1. The topological polar surface area (TPSA) is 118 Å². The molecule has 6 unspecified atom stereocenters. The van der Waals surface area contributed by atoms with E-state index in [9.17, 15) is 14.0 Å². The number of hydrazine groups is 1. The number of amides is 2. The highest BCUT2D eigenvalue weighted by Crippen LogP contribution is 2.27. The van der Waals surface area contributed by atoms with E-state index < -0.39 is 18.3 Å². The van der Waals surface area contributed by atoms with Gasteiger partial charge in [-0.2, -0.15) is 0 Å². The standard InChI is InChI=1S/C21H37FN8O2/c22-14-10-25-19-17(18(23)27-30(19)12-14)20(31)26-15-11-24-5-2-16(15)28-8-3-13(4-9-28)21(32)29-6-1-7-29/h13-19,24-25,27H,1-12,23H2,(H,26,31). The number of carbonyl (C=O) groups excluding carboxylic acids is 2. The van der Waals surface area contributed by atoms with Crippen molar-refractivity contribution in [1.82, 2.24) is 36.2 Å². The van der Waals surface area contributed by atoms with E-state index in [1.54, 1.807) is 5.01 Å². The van der Waals surface area contributed by atoms with E-state index in [0.29, 0.717) is 12.5 Å². The molecular weight excluding hydrogens is 415 g/mol. The SMILES string of the molecule is NC1NN2CC(F)CNC2C1C(=O)NC1CNCCC1N1CCC(C(=O)N2CCC2)CC1. The van der Waals surface area contributed by atoms with Gasteiger partial charge in [-0.25, -0.2) is 14.8 Å². The number of carbonyl (C=O) groups is 2. The van der Waals surface area contributed by atoms with E-state index in [0.717, 1.165) is 58.4 Å². The van der Waals surface area contributed by atoms with Crippen molar-refractivity contribution in [1.29, 1.82) is 0 Å². The fourth-order valence-corrected chi connectivity index (χ4v) is 5.96. The molecule has 6 atom stereocenters. The molecule has 5 heterocycles. The number of halogens is 1. The van der Waals surface area contributed by atoms with Gasteiger partial charge >= 0.3 is 0 Å². The summed E-state index contributed by atoms with van der Waals surface area (Å²) in [5.74, 6) is -0.103. The summed E-state index contributed by atoms with van der Waals surface area (Å²) < 4.78 is 13.7. The first-order valence-corrected chi connectivity index (χ1v) is 12.2. The van der Waals surface area contributed by atoms with Crippen LogP contribution in [-0.4, -0.2) is 110 Å². The second kappa shape index (κ2) is 9.47. The molecule has 6 N–H and O–H groups in total. The predicted octanol–water partition coefficient (Wildman–Crippen LogP) is -2.23. The summed E-state index contributed by atoms with van der Waals surface area (Å²) in [5, 5.41) is 11.5. The molecule has 5 aliphatic rings. The van der Waals surface area contributed by atoms with Gasteiger partial charge in [-0.1, -0.05) is 0 Å². The first kappa shape index (κ1) is 22.4. The third kappa shape index (κ3) is 4.38. The molecule has 5 fully saturated rings. The minimum Gasteiger partial charge on any atom is -0.350 e. The van der Waals surface area contributed by atoms with Gasteiger partial charge in [0.1, 0.15) is 6.17 Å². The fourth-order valence-electron chi connectivity index (χ4n) is 5.96. The van der Waals surface area contributed by atoms with Crippen LogP contribution >= 0.6 is 0 Å². The Morgan fingerprint density at radius 3 is 2.56 bits per heavy atom. The fraction of sp³-hybridized carbons (Fsp3) is 0.905. The maximum absolute atomic E-state index is 13.7. The number of likely N-dealkylation sites (tertiary alicyclic amines) is 2. The van der Waals surface area contributed by atoms with Gasteiger partial charge in [0, 0.05) is 44.7 Å². The molecule has 2 amide bonds. The molecule has 0 aromatic heterocycles. The lowest BCUT2D eigenvalue weighted by molar-refractivity contribution is -0.140. The molecule has 0 aromatic rings. The van der Waals surface area contributed by atoms with Crippen LogP contribution in [0.15, 0.2) is 0 Å². The number of alkyl halides is 1. The van der Waals surface area contributed by atoms with Crippen LogP contribution in [0.25, 0.3) is 0 Å². The largest absolute Gasteiger partial charge is 0.350 e. The van der Waals surface area contributed by atoms with Crippen LogP contribution in [0.1, 0.15) is 25.7 Å². The Kier molecular flexibility index (Phi) is 6.64. The summed E-state index contributed by atoms with van der Waals surface area (Å²) >= 11 is 0. The van der Waals surface area contributed by atoms with Gasteiger partial charge < -0.3 is 21.3 Å². The van der Waals surface area contributed by atoms with Gasteiger partial charge in [0.25, 0.3) is 0 Å². The molecule has 0 saturated carbocycles. The molecule has 0 spiro atoms. The molecule has 5 saturated heterocycles. The number of hydrogen-bond acceptors (Lipinski definition) is 8. The molecule has 0 aromatic carbocycles. The van der Waals surface area contributed by atoms with Crippen LogP contribution in [0.5, 0.6) is 0 Å². The van der Waals surface area contributed by atoms with E-state index in [1.807, 2.05) is 4.90 Å². The molecule has 0 aliphatic carbocycles. The van der Waals surface area contributed by atoms with Crippen molar-refractivity contribution >= 4 is 11.8 Å². The first-order valence-electron chi connectivity index (χ1n) is 12.2. The quantitative estimate of drug-likeness (QED) is 0.325. The number of piperidine rings is 2. The molecule has 0 radical (unpaired) electrons. The van der Waals surface area contributed by atoms with Crippen LogP contribution in [0, 0.1) is 11.8 Å². The minimum absolute atomic E-state index is 0.0161. The van der Waals surface area contributed by atoms with Gasteiger partial charge in [0.2, 0.25) is 11.8 Å². The average molecular weight is 453 g/mol. The number of rotatable bonds is 4. The summed E-state index contributed by atoms with van der Waals surface area (Å²) in [4.78, 5) is 30.3. The number of hydrogen-bond donors (Lipinski definition) is 5. The van der Waals surface area contributed by atoms with Gasteiger partial charge in [-0.05, 0) is 45.3 Å². The molecule has 11 heteroatoms. The third-order valence-electron chi connectivity index (χ3n) is 7.91. The summed E-state index contributed by atoms with van der Waals surface area (Å²) in [6.07, 6.45) is 2.05. The maximum atomic E-state index is 13.7. The van der Waals surface area contributed by atoms with Crippen molar-refractivity contribution in [2.24, 2.45) is 17.6 Å². The van der Waals surface area contributed by atoms with Crippen LogP contribution < -0.4 is 27.1 Å². The zero-order valence-electron chi connectivity index (χ0n) is 18.6. The van der Waals surface area contributed by atoms with Crippen LogP contribution in [0.4, 0.5) is 4.39 Å². The van der Waals surface area contributed by atoms with Crippen molar-refractivity contribution in [3.05, 3.63) is 0 Å². The van der Waals surface area contributed by atoms with Crippen molar-refractivity contribution in [2.45, 2.75) is 56.3 Å². The second-order valence-electron chi connectivity index (χ2n) is 9.95. The highest BCUT2D eigenvalue weighted by atomic mass is 19.1. The highest BCUT2D eigenvalue weighted by molar-refractivity contribution is 5.81. The van der Waals surface area contributed by atoms with Crippen LogP contribution in [-0.2, 0) is 9.59 Å². The zero-order valence-corrected chi connectivity index (χ0v) is 18.6. The van der Waals surface area contributed by atoms with Crippen LogP contribution in [0.3, 0.4) is 0 Å². The first-order chi connectivity index (χ1) is 15.5. The Morgan fingerprint density at radius 2 is 1.84 bits per heavy atom. The van der Waals surface area contributed by atoms with Gasteiger partial charge in [-0.3, -0.25) is 19.8 Å². The number of fused-ring (bicyclic) bond motifs is 1. The van der Waals surface area contributed by atoms with Crippen molar-refractivity contribution < 1.29 is 14.0 Å². The third-order valence-corrected chi connectivity index (χ3v) is 7.91. The number of nitrogens with zero attached hydrogens (tertiary/aromatic N) is 3. The minimum atomic E-state index is -0.976. The van der Waals surface area contributed by atoms with Crippen molar-refractivity contribution in [2.75, 3.05) is 52.4 Å². The summed E-state index contributed by atoms with van der Waals surface area (Å²) in [6, 6.07) is 0.231. The van der Waals surface area contributed by atoms with Gasteiger partial charge in [0.05, 0.1) is 24.3 Å². The molecular formula is C21H37FN8O2. The monoisotopic (exact) mass is 452 g/mol. The normalized spacial score (nSPS) is 39.4. The van der Waals surface area contributed by atoms with Gasteiger partial charge in [-0.15, -0.1) is 0 Å².